The van der Waals surface area contributed by atoms with Crippen molar-refractivity contribution >= 4 is 17.5 Å². The lowest BCUT2D eigenvalue weighted by Crippen LogP contribution is -2.37. The molecule has 43 heavy (non-hydrogen) atoms. The van der Waals surface area contributed by atoms with Gasteiger partial charge in [0, 0.05) is 28.4 Å². The molecule has 8 heteroatoms. The van der Waals surface area contributed by atoms with Gasteiger partial charge in [-0.3, -0.25) is 14.2 Å². The molecule has 0 saturated heterocycles. The normalized spacial score (nSPS) is 12.2. The van der Waals surface area contributed by atoms with Crippen molar-refractivity contribution in [2.75, 3.05) is 0 Å². The number of nitrogens with two attached hydrogens (primary N) is 1. The number of carbonyl (C=O) groups is 1. The number of halogens is 1. The Labute approximate surface area is 253 Å². The number of aryl methyl sites for hydroxylation is 1. The molecule has 5 aromatic rings. The summed E-state index contributed by atoms with van der Waals surface area (Å²) in [4.78, 5) is 39.5. The van der Waals surface area contributed by atoms with E-state index in [1.165, 1.54) is 16.8 Å². The Bertz CT molecular complexity index is 2080. The highest BCUT2D eigenvalue weighted by Gasteiger charge is 2.31. The van der Waals surface area contributed by atoms with Gasteiger partial charge in [-0.05, 0) is 97.3 Å². The molecule has 0 spiro atoms. The minimum atomic E-state index is -1.05. The third-order valence-electron chi connectivity index (χ3n) is 8.21. The van der Waals surface area contributed by atoms with Crippen molar-refractivity contribution in [3.05, 3.63) is 138 Å². The van der Waals surface area contributed by atoms with E-state index in [-0.39, 0.29) is 0 Å². The summed E-state index contributed by atoms with van der Waals surface area (Å²) in [6, 6.07) is 21.6. The molecular weight excluding hydrogens is 562 g/mol. The number of hydrogen-bond acceptors (Lipinski definition) is 4. The van der Waals surface area contributed by atoms with E-state index in [4.69, 9.17) is 17.3 Å². The van der Waals surface area contributed by atoms with E-state index in [0.717, 1.165) is 37.9 Å². The van der Waals surface area contributed by atoms with Crippen molar-refractivity contribution in [3.8, 4) is 33.6 Å². The molecule has 1 amide bonds. The highest BCUT2D eigenvalue weighted by molar-refractivity contribution is 6.35. The first-order valence-corrected chi connectivity index (χ1v) is 14.3. The zero-order chi connectivity index (χ0) is 30.8. The molecule has 1 aromatic heterocycles. The van der Waals surface area contributed by atoms with Crippen molar-refractivity contribution in [1.82, 2.24) is 9.13 Å². The van der Waals surface area contributed by atoms with E-state index in [1.54, 1.807) is 32.0 Å². The predicted molar refractivity (Wildman–Crippen MR) is 170 cm³/mol. The zero-order valence-corrected chi connectivity index (χ0v) is 25.0. The van der Waals surface area contributed by atoms with Crippen molar-refractivity contribution < 1.29 is 9.90 Å². The first-order valence-electron chi connectivity index (χ1n) is 13.9. The Hall–Kier alpha value is -4.72. The van der Waals surface area contributed by atoms with Crippen LogP contribution >= 0.6 is 11.6 Å². The van der Waals surface area contributed by atoms with Crippen LogP contribution in [-0.2, 0) is 12.0 Å². The second kappa shape index (κ2) is 10.2. The summed E-state index contributed by atoms with van der Waals surface area (Å²) < 4.78 is 2.60. The number of aromatic nitrogens is 2. The molecule has 0 bridgehead atoms. The minimum Gasteiger partial charge on any atom is -0.386 e. The summed E-state index contributed by atoms with van der Waals surface area (Å²) >= 11 is 6.93. The van der Waals surface area contributed by atoms with Gasteiger partial charge in [0.15, 0.2) is 0 Å². The van der Waals surface area contributed by atoms with Crippen LogP contribution in [0, 0.1) is 13.8 Å². The Kier molecular flexibility index (Phi) is 6.75. The van der Waals surface area contributed by atoms with Crippen LogP contribution < -0.4 is 17.0 Å². The van der Waals surface area contributed by atoms with Gasteiger partial charge in [0.25, 0.3) is 5.56 Å². The zero-order valence-electron chi connectivity index (χ0n) is 24.2. The van der Waals surface area contributed by atoms with E-state index in [2.05, 4.69) is 0 Å². The monoisotopic (exact) mass is 591 g/mol. The largest absolute Gasteiger partial charge is 0.386 e. The van der Waals surface area contributed by atoms with Crippen LogP contribution in [0.3, 0.4) is 0 Å². The molecule has 0 fully saturated rings. The molecule has 0 unspecified atom stereocenters. The number of fused-ring (bicyclic) bond motifs is 3. The van der Waals surface area contributed by atoms with Gasteiger partial charge < -0.3 is 10.8 Å². The number of nitrogens with zero attached hydrogens (tertiary/aromatic N) is 2. The maximum absolute atomic E-state index is 13.8. The van der Waals surface area contributed by atoms with Crippen LogP contribution in [0.5, 0.6) is 0 Å². The van der Waals surface area contributed by atoms with Crippen LogP contribution in [-0.4, -0.2) is 20.1 Å². The lowest BCUT2D eigenvalue weighted by molar-refractivity contribution is 0.0785. The Balaban J connectivity index is 1.60. The van der Waals surface area contributed by atoms with E-state index < -0.39 is 22.8 Å². The van der Waals surface area contributed by atoms with Crippen LogP contribution in [0.25, 0.3) is 33.6 Å². The maximum atomic E-state index is 13.8. The fourth-order valence-corrected chi connectivity index (χ4v) is 6.25. The lowest BCUT2D eigenvalue weighted by Gasteiger charge is -2.20. The smallest absolute Gasteiger partial charge is 0.340 e. The number of benzene rings is 4. The average molecular weight is 592 g/mol. The van der Waals surface area contributed by atoms with Gasteiger partial charge in [-0.15, -0.1) is 0 Å². The number of carbonyl (C=O) groups excluding carboxylic acids is 1. The third kappa shape index (κ3) is 4.71. The highest BCUT2D eigenvalue weighted by atomic mass is 35.5. The van der Waals surface area contributed by atoms with Gasteiger partial charge in [-0.25, -0.2) is 9.36 Å². The van der Waals surface area contributed by atoms with Crippen LogP contribution in [0.2, 0.25) is 5.02 Å². The molecule has 0 radical (unpaired) electrons. The van der Waals surface area contributed by atoms with Gasteiger partial charge in [0.2, 0.25) is 5.91 Å². The number of rotatable bonds is 5. The quantitative estimate of drug-likeness (QED) is 0.263. The molecular formula is C35H30ClN3O4. The number of hydrogen-bond donors (Lipinski definition) is 2. The third-order valence-corrected chi connectivity index (χ3v) is 8.51. The van der Waals surface area contributed by atoms with Crippen LogP contribution in [0.1, 0.15) is 52.0 Å². The van der Waals surface area contributed by atoms with Gasteiger partial charge in [0.05, 0.1) is 17.0 Å². The second-order valence-corrected chi connectivity index (χ2v) is 11.9. The lowest BCUT2D eigenvalue weighted by atomic mass is 9.88. The Morgan fingerprint density at radius 2 is 1.65 bits per heavy atom. The fourth-order valence-electron chi connectivity index (χ4n) is 5.95. The van der Waals surface area contributed by atoms with Gasteiger partial charge in [-0.1, -0.05) is 59.6 Å². The number of primary amides is 1. The number of aliphatic hydroxyl groups is 1. The molecule has 216 valence electrons. The fraction of sp³-hybridized carbons (Fsp3) is 0.171. The molecule has 6 rings (SSSR count). The van der Waals surface area contributed by atoms with E-state index >= 15 is 0 Å². The molecule has 4 aromatic carbocycles. The SMILES string of the molecule is Cc1ccc(-n2ccc(=O)n(-c3cccc(-c4c(Cl)cc(C(N)=O)c5c4-c4ccc(C(C)(C)O)cc4C5)c3C)c2=O)cc1. The van der Waals surface area contributed by atoms with Gasteiger partial charge in [0.1, 0.15) is 0 Å². The maximum Gasteiger partial charge on any atom is 0.340 e. The van der Waals surface area contributed by atoms with Gasteiger partial charge >= 0.3 is 5.69 Å². The van der Waals surface area contributed by atoms with Crippen LogP contribution in [0.15, 0.2) is 88.6 Å². The molecule has 3 N–H and O–H groups in total. The van der Waals surface area contributed by atoms with Gasteiger partial charge in [-0.2, -0.15) is 0 Å². The predicted octanol–water partition coefficient (Wildman–Crippen LogP) is 5.82. The summed E-state index contributed by atoms with van der Waals surface area (Å²) in [7, 11) is 0. The first kappa shape index (κ1) is 28.4. The molecule has 1 aliphatic carbocycles. The molecule has 7 nitrogen and oxygen atoms in total. The summed E-state index contributed by atoms with van der Waals surface area (Å²) in [6.07, 6.45) is 1.92. The topological polar surface area (TPSA) is 107 Å². The van der Waals surface area contributed by atoms with Crippen molar-refractivity contribution in [1.29, 1.82) is 0 Å². The average Bonchev–Trinajstić information content (AvgIpc) is 3.33. The summed E-state index contributed by atoms with van der Waals surface area (Å²) in [5.74, 6) is -0.585. The summed E-state index contributed by atoms with van der Waals surface area (Å²) in [5, 5.41) is 11.0. The second-order valence-electron chi connectivity index (χ2n) is 11.5. The molecule has 0 atom stereocenters. The molecule has 1 heterocycles. The first-order chi connectivity index (χ1) is 20.4. The summed E-state index contributed by atoms with van der Waals surface area (Å²) in [6.45, 7) is 7.25. The summed E-state index contributed by atoms with van der Waals surface area (Å²) in [5.41, 5.74) is 12.4. The standard InChI is InChI=1S/C35H30ClN3O4/c1-19-8-11-23(12-9-19)38-15-14-30(40)39(34(38)42)29-7-5-6-24(20(29)2)32-28(36)18-27(33(37)41)26-17-21-16-22(35(3,4)43)10-13-25(21)31(26)32/h5-16,18,43H,17H2,1-4H3,(H2,37,41). The Morgan fingerprint density at radius 3 is 2.33 bits per heavy atom. The molecule has 1 aliphatic rings. The van der Waals surface area contributed by atoms with E-state index in [9.17, 15) is 19.5 Å². The van der Waals surface area contributed by atoms with Crippen molar-refractivity contribution in [2.24, 2.45) is 5.73 Å². The highest BCUT2D eigenvalue weighted by Crippen LogP contribution is 2.49. The van der Waals surface area contributed by atoms with Crippen LogP contribution in [0.4, 0.5) is 0 Å². The molecule has 0 aliphatic heterocycles. The number of amides is 1. The Morgan fingerprint density at radius 1 is 0.930 bits per heavy atom. The minimum absolute atomic E-state index is 0.324. The molecule has 0 saturated carbocycles. The van der Waals surface area contributed by atoms with Crippen molar-refractivity contribution in [3.63, 3.8) is 0 Å². The van der Waals surface area contributed by atoms with Crippen molar-refractivity contribution in [2.45, 2.75) is 39.7 Å². The van der Waals surface area contributed by atoms with E-state index in [1.807, 2.05) is 62.4 Å². The van der Waals surface area contributed by atoms with E-state index in [0.29, 0.717) is 45.1 Å².